The number of amides is 1. The molecule has 38 heavy (non-hydrogen) atoms. The van der Waals surface area contributed by atoms with Gasteiger partial charge in [-0.2, -0.15) is 4.31 Å². The van der Waals surface area contributed by atoms with Crippen LogP contribution in [0.1, 0.15) is 29.8 Å². The number of carbonyl (C=O) groups is 1. The summed E-state index contributed by atoms with van der Waals surface area (Å²) < 4.78 is 38.7. The van der Waals surface area contributed by atoms with Crippen molar-refractivity contribution in [2.45, 2.75) is 37.3 Å². The summed E-state index contributed by atoms with van der Waals surface area (Å²) in [5, 5.41) is 14.3. The second kappa shape index (κ2) is 13.4. The van der Waals surface area contributed by atoms with Crippen LogP contribution in [0.4, 0.5) is 0 Å². The molecule has 0 saturated carbocycles. The van der Waals surface area contributed by atoms with Crippen LogP contribution < -0.4 is 14.8 Å². The molecule has 1 amide bonds. The number of aliphatic hydroxyl groups excluding tert-OH is 1. The van der Waals surface area contributed by atoms with Crippen molar-refractivity contribution >= 4 is 15.9 Å². The second-order valence-electron chi connectivity index (χ2n) is 9.46. The number of benzene rings is 3. The fraction of sp³-hybridized carbons (Fsp3) is 0.345. The van der Waals surface area contributed by atoms with Crippen LogP contribution in [0.2, 0.25) is 0 Å². The molecule has 0 bridgehead atoms. The number of ether oxygens (including phenoxy) is 2. The first-order valence-electron chi connectivity index (χ1n) is 12.4. The molecule has 0 aliphatic carbocycles. The molecule has 9 heteroatoms. The van der Waals surface area contributed by atoms with E-state index < -0.39 is 22.2 Å². The number of hydrogen-bond donors (Lipinski definition) is 2. The summed E-state index contributed by atoms with van der Waals surface area (Å²) >= 11 is 0. The summed E-state index contributed by atoms with van der Waals surface area (Å²) in [6, 6.07) is 21.5. The highest BCUT2D eigenvalue weighted by Gasteiger charge is 2.31. The Hall–Kier alpha value is -3.40. The smallest absolute Gasteiger partial charge is 0.251 e. The van der Waals surface area contributed by atoms with Gasteiger partial charge in [-0.1, -0.05) is 44.2 Å². The van der Waals surface area contributed by atoms with Crippen LogP contribution in [0.15, 0.2) is 83.8 Å². The van der Waals surface area contributed by atoms with Gasteiger partial charge in [0.1, 0.15) is 11.5 Å². The number of methoxy groups -OCH3 is 2. The molecule has 3 rings (SSSR count). The predicted molar refractivity (Wildman–Crippen MR) is 147 cm³/mol. The molecule has 2 N–H and O–H groups in total. The van der Waals surface area contributed by atoms with E-state index in [2.05, 4.69) is 5.32 Å². The summed E-state index contributed by atoms with van der Waals surface area (Å²) in [6.45, 7) is 3.84. The number of carbonyl (C=O) groups excluding carboxylic acids is 1. The van der Waals surface area contributed by atoms with Crippen molar-refractivity contribution in [3.8, 4) is 11.5 Å². The quantitative estimate of drug-likeness (QED) is 0.342. The highest BCUT2D eigenvalue weighted by Crippen LogP contribution is 2.22. The molecule has 0 spiro atoms. The van der Waals surface area contributed by atoms with E-state index in [1.54, 1.807) is 43.5 Å². The molecule has 3 aromatic carbocycles. The molecular weight excluding hydrogens is 504 g/mol. The minimum absolute atomic E-state index is 0.0108. The molecule has 0 unspecified atom stereocenters. The topological polar surface area (TPSA) is 105 Å². The molecule has 0 aromatic heterocycles. The van der Waals surface area contributed by atoms with E-state index in [4.69, 9.17) is 9.47 Å². The lowest BCUT2D eigenvalue weighted by molar-refractivity contribution is 0.0776. The summed E-state index contributed by atoms with van der Waals surface area (Å²) in [4.78, 5) is 13.2. The molecule has 204 valence electrons. The summed E-state index contributed by atoms with van der Waals surface area (Å²) in [7, 11) is -0.862. The average Bonchev–Trinajstić information content (AvgIpc) is 2.92. The van der Waals surface area contributed by atoms with Gasteiger partial charge in [0, 0.05) is 18.7 Å². The zero-order chi connectivity index (χ0) is 27.7. The van der Waals surface area contributed by atoms with Crippen LogP contribution >= 0.6 is 0 Å². The Kier molecular flexibility index (Phi) is 10.3. The van der Waals surface area contributed by atoms with Crippen LogP contribution in [-0.4, -0.2) is 63.2 Å². The lowest BCUT2D eigenvalue weighted by Gasteiger charge is -2.31. The van der Waals surface area contributed by atoms with Gasteiger partial charge in [0.15, 0.2) is 0 Å². The first-order chi connectivity index (χ1) is 18.1. The van der Waals surface area contributed by atoms with Crippen LogP contribution in [0.5, 0.6) is 11.5 Å². The normalized spacial score (nSPS) is 13.2. The maximum Gasteiger partial charge on any atom is 0.251 e. The average molecular weight is 541 g/mol. The monoisotopic (exact) mass is 540 g/mol. The molecule has 0 saturated heterocycles. The molecular formula is C29H36N2O6S. The Morgan fingerprint density at radius 3 is 1.95 bits per heavy atom. The van der Waals surface area contributed by atoms with Gasteiger partial charge < -0.3 is 19.9 Å². The molecule has 0 aliphatic rings. The number of sulfonamides is 1. The van der Waals surface area contributed by atoms with Crippen molar-refractivity contribution in [3.63, 3.8) is 0 Å². The molecule has 0 radical (unpaired) electrons. The Labute approximate surface area is 225 Å². The Balaban J connectivity index is 1.87. The Bertz CT molecular complexity index is 1260. The van der Waals surface area contributed by atoms with E-state index in [9.17, 15) is 18.3 Å². The standard InChI is InChI=1S/C29H36N2O6S/c1-21(2)19-31(38(34,35)26-16-14-25(37-4)15-17-26)20-28(32)27(18-22-8-6-5-7-9-22)30-29(33)23-10-12-24(36-3)13-11-23/h5-17,21,27-28,32H,18-20H2,1-4H3,(H,30,33)/t27-,28+/m0/s1. The van der Waals surface area contributed by atoms with Crippen molar-refractivity contribution < 1.29 is 27.8 Å². The summed E-state index contributed by atoms with van der Waals surface area (Å²) in [5.41, 5.74) is 1.31. The van der Waals surface area contributed by atoms with Crippen molar-refractivity contribution in [1.29, 1.82) is 0 Å². The number of aliphatic hydroxyl groups is 1. The number of hydrogen-bond acceptors (Lipinski definition) is 6. The lowest BCUT2D eigenvalue weighted by atomic mass is 10.00. The van der Waals surface area contributed by atoms with Crippen LogP contribution in [-0.2, 0) is 16.4 Å². The van der Waals surface area contributed by atoms with Gasteiger partial charge in [-0.25, -0.2) is 8.42 Å². The second-order valence-corrected chi connectivity index (χ2v) is 11.4. The van der Waals surface area contributed by atoms with Crippen LogP contribution in [0, 0.1) is 5.92 Å². The van der Waals surface area contributed by atoms with E-state index in [0.717, 1.165) is 5.56 Å². The first-order valence-corrected chi connectivity index (χ1v) is 13.9. The summed E-state index contributed by atoms with van der Waals surface area (Å²) in [6.07, 6.45) is -0.855. The zero-order valence-electron chi connectivity index (χ0n) is 22.2. The van der Waals surface area contributed by atoms with Gasteiger partial charge in [-0.05, 0) is 66.4 Å². The van der Waals surface area contributed by atoms with Crippen molar-refractivity contribution in [2.24, 2.45) is 5.92 Å². The van der Waals surface area contributed by atoms with Crippen LogP contribution in [0.3, 0.4) is 0 Å². The van der Waals surface area contributed by atoms with Gasteiger partial charge in [0.2, 0.25) is 10.0 Å². The van der Waals surface area contributed by atoms with Gasteiger partial charge in [0.25, 0.3) is 5.91 Å². The predicted octanol–water partition coefficient (Wildman–Crippen LogP) is 3.75. The van der Waals surface area contributed by atoms with Gasteiger partial charge in [-0.15, -0.1) is 0 Å². The van der Waals surface area contributed by atoms with E-state index in [-0.39, 0.29) is 29.8 Å². The highest BCUT2D eigenvalue weighted by molar-refractivity contribution is 7.89. The van der Waals surface area contributed by atoms with Gasteiger partial charge >= 0.3 is 0 Å². The van der Waals surface area contributed by atoms with E-state index >= 15 is 0 Å². The molecule has 2 atom stereocenters. The molecule has 0 aliphatic heterocycles. The zero-order valence-corrected chi connectivity index (χ0v) is 23.0. The third-order valence-electron chi connectivity index (χ3n) is 6.09. The maximum absolute atomic E-state index is 13.6. The summed E-state index contributed by atoms with van der Waals surface area (Å²) in [5.74, 6) is 0.803. The molecule has 0 fully saturated rings. The minimum Gasteiger partial charge on any atom is -0.497 e. The number of nitrogens with one attached hydrogen (secondary N) is 1. The van der Waals surface area contributed by atoms with Crippen LogP contribution in [0.25, 0.3) is 0 Å². The third-order valence-corrected chi connectivity index (χ3v) is 7.93. The Morgan fingerprint density at radius 1 is 0.868 bits per heavy atom. The number of rotatable bonds is 13. The first kappa shape index (κ1) is 29.2. The number of nitrogens with zero attached hydrogens (tertiary/aromatic N) is 1. The van der Waals surface area contributed by atoms with Gasteiger partial charge in [-0.3, -0.25) is 4.79 Å². The molecule has 8 nitrogen and oxygen atoms in total. The maximum atomic E-state index is 13.6. The van der Waals surface area contributed by atoms with Gasteiger partial charge in [0.05, 0.1) is 31.3 Å². The van der Waals surface area contributed by atoms with E-state index in [1.807, 2.05) is 44.2 Å². The molecule has 3 aromatic rings. The third kappa shape index (κ3) is 7.80. The van der Waals surface area contributed by atoms with Crippen molar-refractivity contribution in [3.05, 3.63) is 90.0 Å². The largest absolute Gasteiger partial charge is 0.497 e. The van der Waals surface area contributed by atoms with E-state index in [1.165, 1.54) is 23.5 Å². The fourth-order valence-electron chi connectivity index (χ4n) is 4.06. The van der Waals surface area contributed by atoms with Crippen molar-refractivity contribution in [1.82, 2.24) is 9.62 Å². The highest BCUT2D eigenvalue weighted by atomic mass is 32.2. The SMILES string of the molecule is COc1ccc(C(=O)N[C@@H](Cc2ccccc2)[C@H](O)CN(CC(C)C)S(=O)(=O)c2ccc(OC)cc2)cc1. The molecule has 0 heterocycles. The fourth-order valence-corrected chi connectivity index (χ4v) is 5.68. The lowest BCUT2D eigenvalue weighted by Crippen LogP contribution is -2.51. The van der Waals surface area contributed by atoms with E-state index in [0.29, 0.717) is 23.5 Å². The van der Waals surface area contributed by atoms with Crippen molar-refractivity contribution in [2.75, 3.05) is 27.3 Å². The minimum atomic E-state index is -3.92. The Morgan fingerprint density at radius 2 is 1.42 bits per heavy atom.